The lowest BCUT2D eigenvalue weighted by Gasteiger charge is -2.16. The fourth-order valence-corrected chi connectivity index (χ4v) is 9.02. The minimum atomic E-state index is 0.652. The SMILES string of the molecule is N#Cc1cc(-c2ccccc2)cc(-c2cc(-c3ccc4sc5ccccc5c4c3)ccc2-c2cccc3c2sc2ccccc23)c1. The molecule has 0 unspecified atom stereocenters. The van der Waals surface area contributed by atoms with Crippen molar-refractivity contribution >= 4 is 63.0 Å². The van der Waals surface area contributed by atoms with Crippen molar-refractivity contribution in [1.82, 2.24) is 0 Å². The number of benzene rings is 7. The van der Waals surface area contributed by atoms with Gasteiger partial charge in [0.25, 0.3) is 0 Å². The molecule has 0 aliphatic carbocycles. The van der Waals surface area contributed by atoms with Crippen LogP contribution in [0.2, 0.25) is 0 Å². The lowest BCUT2D eigenvalue weighted by molar-refractivity contribution is 1.48. The maximum absolute atomic E-state index is 10.1. The van der Waals surface area contributed by atoms with Crippen molar-refractivity contribution in [1.29, 1.82) is 5.26 Å². The smallest absolute Gasteiger partial charge is 0.0992 e. The van der Waals surface area contributed by atoms with E-state index in [2.05, 4.69) is 127 Å². The van der Waals surface area contributed by atoms with Gasteiger partial charge in [-0.25, -0.2) is 0 Å². The monoisotopic (exact) mass is 619 g/mol. The van der Waals surface area contributed by atoms with Crippen molar-refractivity contribution in [3.05, 3.63) is 157 Å². The summed E-state index contributed by atoms with van der Waals surface area (Å²) in [6.45, 7) is 0. The van der Waals surface area contributed by atoms with Gasteiger partial charge in [0.15, 0.2) is 0 Å². The van der Waals surface area contributed by atoms with E-state index in [0.29, 0.717) is 5.56 Å². The van der Waals surface area contributed by atoms with Crippen LogP contribution in [0.3, 0.4) is 0 Å². The highest BCUT2D eigenvalue weighted by Crippen LogP contribution is 2.45. The van der Waals surface area contributed by atoms with Gasteiger partial charge in [-0.15, -0.1) is 22.7 Å². The van der Waals surface area contributed by atoms with Crippen molar-refractivity contribution in [2.75, 3.05) is 0 Å². The number of fused-ring (bicyclic) bond motifs is 6. The Balaban J connectivity index is 1.31. The van der Waals surface area contributed by atoms with E-state index in [1.54, 1.807) is 0 Å². The van der Waals surface area contributed by atoms with E-state index in [0.717, 1.165) is 33.4 Å². The van der Waals surface area contributed by atoms with Crippen LogP contribution in [-0.4, -0.2) is 0 Å². The lowest BCUT2D eigenvalue weighted by atomic mass is 9.88. The summed E-state index contributed by atoms with van der Waals surface area (Å²) in [4.78, 5) is 0. The third kappa shape index (κ3) is 4.43. The summed E-state index contributed by atoms with van der Waals surface area (Å²) in [6.07, 6.45) is 0. The molecule has 0 N–H and O–H groups in total. The average molecular weight is 620 g/mol. The van der Waals surface area contributed by atoms with Gasteiger partial charge in [-0.1, -0.05) is 103 Å². The van der Waals surface area contributed by atoms with Crippen molar-refractivity contribution in [3.63, 3.8) is 0 Å². The average Bonchev–Trinajstić information content (AvgIpc) is 3.70. The highest BCUT2D eigenvalue weighted by atomic mass is 32.1. The summed E-state index contributed by atoms with van der Waals surface area (Å²) in [7, 11) is 0. The minimum Gasteiger partial charge on any atom is -0.192 e. The van der Waals surface area contributed by atoms with Gasteiger partial charge < -0.3 is 0 Å². The number of rotatable bonds is 4. The fraction of sp³-hybridized carbons (Fsp3) is 0. The topological polar surface area (TPSA) is 23.8 Å². The molecule has 9 aromatic rings. The zero-order valence-electron chi connectivity index (χ0n) is 24.7. The van der Waals surface area contributed by atoms with Gasteiger partial charge in [0, 0.05) is 45.9 Å². The molecular formula is C43H25NS2. The molecule has 0 amide bonds. The zero-order valence-corrected chi connectivity index (χ0v) is 26.3. The molecular weight excluding hydrogens is 595 g/mol. The van der Waals surface area contributed by atoms with Gasteiger partial charge in [0.2, 0.25) is 0 Å². The summed E-state index contributed by atoms with van der Waals surface area (Å²) in [6, 6.07) is 56.7. The Bertz CT molecular complexity index is 2650. The van der Waals surface area contributed by atoms with Crippen LogP contribution in [0.5, 0.6) is 0 Å². The first-order chi connectivity index (χ1) is 22.7. The van der Waals surface area contributed by atoms with Crippen molar-refractivity contribution in [2.45, 2.75) is 0 Å². The highest BCUT2D eigenvalue weighted by Gasteiger charge is 2.17. The van der Waals surface area contributed by atoms with Gasteiger partial charge in [0.05, 0.1) is 11.6 Å². The van der Waals surface area contributed by atoms with Crippen molar-refractivity contribution in [2.24, 2.45) is 0 Å². The molecule has 1 nitrogen and oxygen atoms in total. The van der Waals surface area contributed by atoms with Crippen molar-refractivity contribution in [3.8, 4) is 50.6 Å². The predicted octanol–water partition coefficient (Wildman–Crippen LogP) is 13.0. The van der Waals surface area contributed by atoms with Gasteiger partial charge in [-0.3, -0.25) is 0 Å². The van der Waals surface area contributed by atoms with E-state index in [1.807, 2.05) is 53.0 Å². The van der Waals surface area contributed by atoms with Crippen LogP contribution in [0, 0.1) is 11.3 Å². The molecule has 7 aromatic carbocycles. The first kappa shape index (κ1) is 26.8. The first-order valence-corrected chi connectivity index (χ1v) is 16.9. The summed E-state index contributed by atoms with van der Waals surface area (Å²) in [5, 5.41) is 15.3. The van der Waals surface area contributed by atoms with Crippen LogP contribution in [0.4, 0.5) is 0 Å². The molecule has 0 atom stereocenters. The first-order valence-electron chi connectivity index (χ1n) is 15.3. The fourth-order valence-electron chi connectivity index (χ4n) is 6.71. The highest BCUT2D eigenvalue weighted by molar-refractivity contribution is 7.26. The molecule has 3 heteroatoms. The molecule has 0 saturated heterocycles. The molecule has 2 aromatic heterocycles. The molecule has 0 aliphatic rings. The number of thiophene rings is 2. The van der Waals surface area contributed by atoms with E-state index < -0.39 is 0 Å². The van der Waals surface area contributed by atoms with Crippen LogP contribution in [-0.2, 0) is 0 Å². The second-order valence-corrected chi connectivity index (χ2v) is 13.8. The van der Waals surface area contributed by atoms with Gasteiger partial charge in [-0.05, 0) is 87.5 Å². The standard InChI is InChI=1S/C43H25NS2/c44-26-27-21-31(28-9-2-1-3-10-28)23-32(22-27)38-24-29(30-18-20-42-39(25-30)35-12-5-6-15-40(35)45-42)17-19-33(38)36-13-8-14-37-34-11-4-7-16-41(34)46-43(36)37/h1-25H. The Morgan fingerprint density at radius 2 is 1.02 bits per heavy atom. The number of hydrogen-bond acceptors (Lipinski definition) is 3. The molecule has 2 heterocycles. The quantitative estimate of drug-likeness (QED) is 0.192. The minimum absolute atomic E-state index is 0.652. The van der Waals surface area contributed by atoms with Gasteiger partial charge in [-0.2, -0.15) is 5.26 Å². The summed E-state index contributed by atoms with van der Waals surface area (Å²) in [5.41, 5.74) is 9.66. The molecule has 46 heavy (non-hydrogen) atoms. The third-order valence-electron chi connectivity index (χ3n) is 8.90. The summed E-state index contributed by atoms with van der Waals surface area (Å²) >= 11 is 3.69. The van der Waals surface area contributed by atoms with E-state index in [9.17, 15) is 5.26 Å². The number of nitriles is 1. The Labute approximate surface area is 274 Å². The third-order valence-corrected chi connectivity index (χ3v) is 11.3. The summed E-state index contributed by atoms with van der Waals surface area (Å²) < 4.78 is 5.18. The van der Waals surface area contributed by atoms with Crippen LogP contribution in [0.1, 0.15) is 5.56 Å². The Morgan fingerprint density at radius 3 is 1.85 bits per heavy atom. The normalized spacial score (nSPS) is 11.5. The Hall–Kier alpha value is -5.53. The van der Waals surface area contributed by atoms with Gasteiger partial charge >= 0.3 is 0 Å². The zero-order chi connectivity index (χ0) is 30.6. The molecule has 0 saturated carbocycles. The van der Waals surface area contributed by atoms with Crippen LogP contribution < -0.4 is 0 Å². The second kappa shape index (κ2) is 10.8. The van der Waals surface area contributed by atoms with Crippen LogP contribution >= 0.6 is 22.7 Å². The van der Waals surface area contributed by atoms with Crippen molar-refractivity contribution < 1.29 is 0 Å². The molecule has 0 radical (unpaired) electrons. The maximum atomic E-state index is 10.1. The lowest BCUT2D eigenvalue weighted by Crippen LogP contribution is -1.91. The largest absolute Gasteiger partial charge is 0.192 e. The van der Waals surface area contributed by atoms with Gasteiger partial charge in [0.1, 0.15) is 0 Å². The summed E-state index contributed by atoms with van der Waals surface area (Å²) in [5.74, 6) is 0. The van der Waals surface area contributed by atoms with Crippen LogP contribution in [0.25, 0.3) is 84.9 Å². The van der Waals surface area contributed by atoms with Crippen LogP contribution in [0.15, 0.2) is 152 Å². The molecule has 0 aliphatic heterocycles. The Morgan fingerprint density at radius 1 is 0.370 bits per heavy atom. The van der Waals surface area contributed by atoms with E-state index in [1.165, 1.54) is 51.5 Å². The molecule has 0 fully saturated rings. The molecule has 0 bridgehead atoms. The molecule has 214 valence electrons. The molecule has 0 spiro atoms. The maximum Gasteiger partial charge on any atom is 0.0992 e. The van der Waals surface area contributed by atoms with E-state index in [-0.39, 0.29) is 0 Å². The van der Waals surface area contributed by atoms with E-state index in [4.69, 9.17) is 0 Å². The molecule has 9 rings (SSSR count). The predicted molar refractivity (Wildman–Crippen MR) is 199 cm³/mol. The number of nitrogens with zero attached hydrogens (tertiary/aromatic N) is 1. The second-order valence-electron chi connectivity index (χ2n) is 11.6. The Kier molecular flexibility index (Phi) is 6.31. The van der Waals surface area contributed by atoms with E-state index >= 15 is 0 Å². The number of hydrogen-bond donors (Lipinski definition) is 0.